The normalized spacial score (nSPS) is 11.7. The van der Waals surface area contributed by atoms with Crippen molar-refractivity contribution in [2.75, 3.05) is 33.0 Å². The summed E-state index contributed by atoms with van der Waals surface area (Å²) in [5, 5.41) is 6.48. The number of hydrogen-bond donors (Lipinski definition) is 2. The lowest BCUT2D eigenvalue weighted by Crippen LogP contribution is -2.25. The van der Waals surface area contributed by atoms with E-state index in [1.165, 1.54) is 17.0 Å². The fraction of sp³-hybridized carbons (Fsp3) is 0.316. The minimum absolute atomic E-state index is 0.139. The Hall–Kier alpha value is -2.60. The van der Waals surface area contributed by atoms with E-state index in [4.69, 9.17) is 4.74 Å². The molecule has 0 aliphatic carbocycles. The van der Waals surface area contributed by atoms with Crippen LogP contribution in [0, 0.1) is 5.82 Å². The van der Waals surface area contributed by atoms with Gasteiger partial charge in [-0.05, 0) is 49.4 Å². The number of anilines is 1. The second kappa shape index (κ2) is 9.03. The quantitative estimate of drug-likeness (QED) is 0.804. The van der Waals surface area contributed by atoms with Crippen LogP contribution in [0.25, 0.3) is 0 Å². The van der Waals surface area contributed by atoms with Gasteiger partial charge in [-0.25, -0.2) is 9.18 Å². The van der Waals surface area contributed by atoms with Crippen LogP contribution in [0.5, 0.6) is 5.75 Å². The van der Waals surface area contributed by atoms with Crippen molar-refractivity contribution in [2.45, 2.75) is 12.5 Å². The van der Waals surface area contributed by atoms with E-state index in [0.29, 0.717) is 12.3 Å². The molecular formula is C19H24FN3O2. The summed E-state index contributed by atoms with van der Waals surface area (Å²) in [5.41, 5.74) is 1.86. The van der Waals surface area contributed by atoms with Gasteiger partial charge in [0.25, 0.3) is 0 Å². The predicted octanol–water partition coefficient (Wildman–Crippen LogP) is 3.65. The molecule has 1 atom stereocenters. The number of carbonyl (C=O) groups is 1. The molecule has 2 aromatic carbocycles. The van der Waals surface area contributed by atoms with Gasteiger partial charge >= 0.3 is 6.09 Å². The van der Waals surface area contributed by atoms with Gasteiger partial charge < -0.3 is 20.3 Å². The Bertz CT molecular complexity index is 689. The maximum absolute atomic E-state index is 13.2. The Morgan fingerprint density at radius 2 is 1.92 bits per heavy atom. The summed E-state index contributed by atoms with van der Waals surface area (Å²) < 4.78 is 18.4. The van der Waals surface area contributed by atoms with Crippen molar-refractivity contribution in [3.63, 3.8) is 0 Å². The Morgan fingerprint density at radius 1 is 1.20 bits per heavy atom. The first-order valence-corrected chi connectivity index (χ1v) is 8.15. The summed E-state index contributed by atoms with van der Waals surface area (Å²) in [4.78, 5) is 12.9. The highest BCUT2D eigenvalue weighted by Crippen LogP contribution is 2.21. The van der Waals surface area contributed by atoms with Crippen LogP contribution in [0.2, 0.25) is 0 Å². The van der Waals surface area contributed by atoms with Crippen molar-refractivity contribution >= 4 is 11.8 Å². The van der Waals surface area contributed by atoms with E-state index in [9.17, 15) is 9.18 Å². The highest BCUT2D eigenvalue weighted by molar-refractivity contribution is 5.69. The van der Waals surface area contributed by atoms with Crippen LogP contribution in [0.4, 0.5) is 14.9 Å². The van der Waals surface area contributed by atoms with Gasteiger partial charge in [-0.2, -0.15) is 0 Å². The molecule has 0 saturated carbocycles. The molecule has 0 aliphatic rings. The first-order valence-electron chi connectivity index (χ1n) is 8.15. The third-order valence-electron chi connectivity index (χ3n) is 3.79. The van der Waals surface area contributed by atoms with Gasteiger partial charge in [0.05, 0.1) is 0 Å². The summed E-state index contributed by atoms with van der Waals surface area (Å²) >= 11 is 0. The van der Waals surface area contributed by atoms with E-state index in [0.717, 1.165) is 17.7 Å². The molecule has 0 aliphatic heterocycles. The van der Waals surface area contributed by atoms with Crippen molar-refractivity contribution < 1.29 is 13.9 Å². The molecule has 2 N–H and O–H groups in total. The smallest absolute Gasteiger partial charge is 0.410 e. The number of ether oxygens (including phenoxy) is 1. The van der Waals surface area contributed by atoms with E-state index >= 15 is 0 Å². The molecule has 6 heteroatoms. The highest BCUT2D eigenvalue weighted by atomic mass is 19.1. The zero-order valence-corrected chi connectivity index (χ0v) is 14.8. The molecule has 0 radical (unpaired) electrons. The number of nitrogens with zero attached hydrogens (tertiary/aromatic N) is 1. The Balaban J connectivity index is 1.90. The minimum Gasteiger partial charge on any atom is -0.410 e. The van der Waals surface area contributed by atoms with Gasteiger partial charge in [0.2, 0.25) is 0 Å². The molecule has 0 fully saturated rings. The van der Waals surface area contributed by atoms with Gasteiger partial charge in [0.15, 0.2) is 0 Å². The summed E-state index contributed by atoms with van der Waals surface area (Å²) in [6.45, 7) is 0.701. The molecule has 2 rings (SSSR count). The van der Waals surface area contributed by atoms with Crippen LogP contribution in [0.3, 0.4) is 0 Å². The van der Waals surface area contributed by atoms with Crippen LogP contribution in [-0.2, 0) is 0 Å². The molecule has 0 saturated heterocycles. The molecule has 0 bridgehead atoms. The third kappa shape index (κ3) is 5.76. The van der Waals surface area contributed by atoms with E-state index in [2.05, 4.69) is 10.6 Å². The van der Waals surface area contributed by atoms with Crippen LogP contribution < -0.4 is 15.4 Å². The zero-order valence-electron chi connectivity index (χ0n) is 14.8. The highest BCUT2D eigenvalue weighted by Gasteiger charge is 2.11. The second-order valence-corrected chi connectivity index (χ2v) is 5.90. The largest absolute Gasteiger partial charge is 0.414 e. The predicted molar refractivity (Wildman–Crippen MR) is 97.5 cm³/mol. The van der Waals surface area contributed by atoms with Gasteiger partial charge in [0.1, 0.15) is 11.6 Å². The Morgan fingerprint density at radius 3 is 2.52 bits per heavy atom. The van der Waals surface area contributed by atoms with Crippen LogP contribution in [0.15, 0.2) is 48.5 Å². The van der Waals surface area contributed by atoms with E-state index in [1.54, 1.807) is 32.3 Å². The van der Waals surface area contributed by atoms with Crippen molar-refractivity contribution in [1.29, 1.82) is 0 Å². The van der Waals surface area contributed by atoms with Gasteiger partial charge in [-0.3, -0.25) is 0 Å². The van der Waals surface area contributed by atoms with Crippen molar-refractivity contribution in [1.82, 2.24) is 10.2 Å². The van der Waals surface area contributed by atoms with Gasteiger partial charge in [-0.15, -0.1) is 0 Å². The van der Waals surface area contributed by atoms with Gasteiger partial charge in [0, 0.05) is 32.4 Å². The SMILES string of the molecule is CNC(CCNc1cccc(F)c1)c1ccc(OC(=O)N(C)C)cc1. The number of hydrogen-bond acceptors (Lipinski definition) is 4. The summed E-state index contributed by atoms with van der Waals surface area (Å²) in [6, 6.07) is 14.0. The van der Waals surface area contributed by atoms with Gasteiger partial charge in [-0.1, -0.05) is 18.2 Å². The molecule has 0 spiro atoms. The van der Waals surface area contributed by atoms with Crippen molar-refractivity contribution in [3.05, 3.63) is 59.9 Å². The fourth-order valence-electron chi connectivity index (χ4n) is 2.40. The molecule has 25 heavy (non-hydrogen) atoms. The monoisotopic (exact) mass is 345 g/mol. The van der Waals surface area contributed by atoms with E-state index in [-0.39, 0.29) is 11.9 Å². The number of halogens is 1. The van der Waals surface area contributed by atoms with Crippen LogP contribution in [-0.4, -0.2) is 38.7 Å². The van der Waals surface area contributed by atoms with Crippen LogP contribution in [0.1, 0.15) is 18.0 Å². The lowest BCUT2D eigenvalue weighted by atomic mass is 10.0. The number of benzene rings is 2. The minimum atomic E-state index is -0.405. The molecule has 1 amide bonds. The number of nitrogens with one attached hydrogen (secondary N) is 2. The number of amides is 1. The van der Waals surface area contributed by atoms with E-state index < -0.39 is 6.09 Å². The maximum atomic E-state index is 13.2. The maximum Gasteiger partial charge on any atom is 0.414 e. The van der Waals surface area contributed by atoms with Crippen LogP contribution >= 0.6 is 0 Å². The molecule has 0 heterocycles. The first kappa shape index (κ1) is 18.7. The Labute approximate surface area is 147 Å². The lowest BCUT2D eigenvalue weighted by Gasteiger charge is -2.18. The number of rotatable bonds is 7. The summed E-state index contributed by atoms with van der Waals surface area (Å²) in [7, 11) is 5.17. The molecular weight excluding hydrogens is 321 g/mol. The molecule has 0 aromatic heterocycles. The van der Waals surface area contributed by atoms with Crippen molar-refractivity contribution in [2.24, 2.45) is 0 Å². The Kier molecular flexibility index (Phi) is 6.77. The second-order valence-electron chi connectivity index (χ2n) is 5.90. The molecule has 2 aromatic rings. The number of carbonyl (C=O) groups excluding carboxylic acids is 1. The standard InChI is InChI=1S/C19H24FN3O2/c1-21-18(11-12-22-16-6-4-5-15(20)13-16)14-7-9-17(10-8-14)25-19(24)23(2)3/h4-10,13,18,21-22H,11-12H2,1-3H3. The average Bonchev–Trinajstić information content (AvgIpc) is 2.59. The first-order chi connectivity index (χ1) is 12.0. The molecule has 5 nitrogen and oxygen atoms in total. The molecule has 134 valence electrons. The zero-order chi connectivity index (χ0) is 18.2. The molecule has 1 unspecified atom stereocenters. The van der Waals surface area contributed by atoms with E-state index in [1.807, 2.05) is 25.2 Å². The topological polar surface area (TPSA) is 53.6 Å². The summed E-state index contributed by atoms with van der Waals surface area (Å²) in [6.07, 6.45) is 0.418. The summed E-state index contributed by atoms with van der Waals surface area (Å²) in [5.74, 6) is 0.258. The lowest BCUT2D eigenvalue weighted by molar-refractivity contribution is 0.172. The van der Waals surface area contributed by atoms with Crippen molar-refractivity contribution in [3.8, 4) is 5.75 Å². The fourth-order valence-corrected chi connectivity index (χ4v) is 2.40. The average molecular weight is 345 g/mol. The third-order valence-corrected chi connectivity index (χ3v) is 3.79.